The summed E-state index contributed by atoms with van der Waals surface area (Å²) in [5, 5.41) is 6.77. The molecule has 4 nitrogen and oxygen atoms in total. The summed E-state index contributed by atoms with van der Waals surface area (Å²) in [4.78, 5) is 13.9. The van der Waals surface area contributed by atoms with E-state index in [2.05, 4.69) is 10.6 Å². The summed E-state index contributed by atoms with van der Waals surface area (Å²) in [6.07, 6.45) is 2.17. The van der Waals surface area contributed by atoms with Crippen LogP contribution in [0.25, 0.3) is 0 Å². The second kappa shape index (κ2) is 7.58. The van der Waals surface area contributed by atoms with Gasteiger partial charge in [-0.25, -0.2) is 4.79 Å². The first-order chi connectivity index (χ1) is 8.69. The minimum absolute atomic E-state index is 0. The monoisotopic (exact) mass is 303 g/mol. The van der Waals surface area contributed by atoms with Gasteiger partial charge in [0.2, 0.25) is 0 Å². The Bertz CT molecular complexity index is 411. The van der Waals surface area contributed by atoms with Gasteiger partial charge in [0.15, 0.2) is 0 Å². The van der Waals surface area contributed by atoms with Crippen LogP contribution in [0.15, 0.2) is 24.3 Å². The van der Waals surface area contributed by atoms with Crippen LogP contribution in [0.2, 0.25) is 5.02 Å². The SMILES string of the molecule is CNC1CCCN(C(=O)Nc2ccc(Cl)cc2)C1.Cl. The fourth-order valence-corrected chi connectivity index (χ4v) is 2.26. The van der Waals surface area contributed by atoms with Gasteiger partial charge in [-0.3, -0.25) is 0 Å². The molecule has 2 N–H and O–H groups in total. The average Bonchev–Trinajstić information content (AvgIpc) is 2.41. The highest BCUT2D eigenvalue weighted by Crippen LogP contribution is 2.15. The summed E-state index contributed by atoms with van der Waals surface area (Å²) in [6.45, 7) is 1.58. The number of rotatable bonds is 2. The molecular formula is C13H19Cl2N3O. The standard InChI is InChI=1S/C13H18ClN3O.ClH/c1-15-12-3-2-8-17(9-12)13(18)16-11-6-4-10(14)5-7-11;/h4-7,12,15H,2-3,8-9H2,1H3,(H,16,18);1H. The molecule has 1 aliphatic heterocycles. The molecule has 1 saturated heterocycles. The fourth-order valence-electron chi connectivity index (χ4n) is 2.13. The smallest absolute Gasteiger partial charge is 0.321 e. The number of hydrogen-bond donors (Lipinski definition) is 2. The highest BCUT2D eigenvalue weighted by atomic mass is 35.5. The Hall–Kier alpha value is -0.970. The molecule has 0 aliphatic carbocycles. The number of halogens is 2. The highest BCUT2D eigenvalue weighted by Gasteiger charge is 2.22. The van der Waals surface area contributed by atoms with Gasteiger partial charge in [-0.2, -0.15) is 0 Å². The lowest BCUT2D eigenvalue weighted by atomic mass is 10.1. The van der Waals surface area contributed by atoms with Gasteiger partial charge in [0.05, 0.1) is 0 Å². The molecule has 1 aliphatic rings. The number of carbonyl (C=O) groups is 1. The third-order valence-corrected chi connectivity index (χ3v) is 3.46. The van der Waals surface area contributed by atoms with Crippen LogP contribution in [0.1, 0.15) is 12.8 Å². The first-order valence-electron chi connectivity index (χ1n) is 6.18. The van der Waals surface area contributed by atoms with Crippen molar-refractivity contribution in [2.24, 2.45) is 0 Å². The molecule has 0 bridgehead atoms. The zero-order valence-corrected chi connectivity index (χ0v) is 12.4. The molecule has 0 spiro atoms. The molecular weight excluding hydrogens is 285 g/mol. The number of likely N-dealkylation sites (N-methyl/N-ethyl adjacent to an activating group) is 1. The van der Waals surface area contributed by atoms with Gasteiger partial charge in [-0.1, -0.05) is 11.6 Å². The van der Waals surface area contributed by atoms with Crippen LogP contribution in [0.4, 0.5) is 10.5 Å². The number of piperidine rings is 1. The number of likely N-dealkylation sites (tertiary alicyclic amines) is 1. The zero-order valence-electron chi connectivity index (χ0n) is 10.9. The largest absolute Gasteiger partial charge is 0.323 e. The number of amides is 2. The van der Waals surface area contributed by atoms with Gasteiger partial charge in [0.25, 0.3) is 0 Å². The second-order valence-corrected chi connectivity index (χ2v) is 4.95. The number of nitrogens with zero attached hydrogens (tertiary/aromatic N) is 1. The van der Waals surface area contributed by atoms with Gasteiger partial charge >= 0.3 is 6.03 Å². The lowest BCUT2D eigenvalue weighted by Gasteiger charge is -2.32. The molecule has 0 aromatic heterocycles. The average molecular weight is 304 g/mol. The Morgan fingerprint density at radius 1 is 1.37 bits per heavy atom. The Kier molecular flexibility index (Phi) is 6.42. The second-order valence-electron chi connectivity index (χ2n) is 4.51. The summed E-state index contributed by atoms with van der Waals surface area (Å²) in [5.41, 5.74) is 0.774. The van der Waals surface area contributed by atoms with Crippen molar-refractivity contribution in [3.63, 3.8) is 0 Å². The van der Waals surface area contributed by atoms with Crippen molar-refractivity contribution in [3.05, 3.63) is 29.3 Å². The maximum Gasteiger partial charge on any atom is 0.321 e. The van der Waals surface area contributed by atoms with Gasteiger partial charge in [-0.15, -0.1) is 12.4 Å². The van der Waals surface area contributed by atoms with Crippen molar-refractivity contribution < 1.29 is 4.79 Å². The zero-order chi connectivity index (χ0) is 13.0. The molecule has 1 aromatic carbocycles. The predicted octanol–water partition coefficient (Wildman–Crippen LogP) is 2.98. The van der Waals surface area contributed by atoms with Crippen LogP contribution in [-0.4, -0.2) is 37.1 Å². The molecule has 19 heavy (non-hydrogen) atoms. The molecule has 1 heterocycles. The fraction of sp³-hybridized carbons (Fsp3) is 0.462. The molecule has 1 unspecified atom stereocenters. The van der Waals surface area contributed by atoms with Crippen molar-refractivity contribution in [2.45, 2.75) is 18.9 Å². The van der Waals surface area contributed by atoms with E-state index in [1.165, 1.54) is 0 Å². The number of carbonyl (C=O) groups excluding carboxylic acids is 1. The van der Waals surface area contributed by atoms with Crippen molar-refractivity contribution in [3.8, 4) is 0 Å². The number of urea groups is 1. The van der Waals surface area contributed by atoms with Crippen LogP contribution < -0.4 is 10.6 Å². The Balaban J connectivity index is 0.00000180. The van der Waals surface area contributed by atoms with Crippen LogP contribution in [0.5, 0.6) is 0 Å². The first kappa shape index (κ1) is 16.1. The number of benzene rings is 1. The predicted molar refractivity (Wildman–Crippen MR) is 81.4 cm³/mol. The van der Waals surface area contributed by atoms with Crippen LogP contribution in [-0.2, 0) is 0 Å². The molecule has 2 rings (SSSR count). The quantitative estimate of drug-likeness (QED) is 0.882. The van der Waals surface area contributed by atoms with Crippen molar-refractivity contribution in [1.82, 2.24) is 10.2 Å². The first-order valence-corrected chi connectivity index (χ1v) is 6.55. The van der Waals surface area contributed by atoms with E-state index in [1.54, 1.807) is 24.3 Å². The van der Waals surface area contributed by atoms with Crippen LogP contribution in [0, 0.1) is 0 Å². The summed E-state index contributed by atoms with van der Waals surface area (Å²) in [5.74, 6) is 0. The Labute approximate surface area is 124 Å². The van der Waals surface area contributed by atoms with E-state index in [9.17, 15) is 4.79 Å². The minimum Gasteiger partial charge on any atom is -0.323 e. The normalized spacial score (nSPS) is 18.6. The summed E-state index contributed by atoms with van der Waals surface area (Å²) in [7, 11) is 1.94. The molecule has 0 radical (unpaired) electrons. The lowest BCUT2D eigenvalue weighted by molar-refractivity contribution is 0.187. The topological polar surface area (TPSA) is 44.4 Å². The van der Waals surface area contributed by atoms with Gasteiger partial charge in [0, 0.05) is 29.8 Å². The van der Waals surface area contributed by atoms with Crippen LogP contribution in [0.3, 0.4) is 0 Å². The van der Waals surface area contributed by atoms with Crippen molar-refractivity contribution in [2.75, 3.05) is 25.5 Å². The molecule has 1 atom stereocenters. The van der Waals surface area contributed by atoms with E-state index in [-0.39, 0.29) is 18.4 Å². The van der Waals surface area contributed by atoms with Crippen LogP contribution >= 0.6 is 24.0 Å². The lowest BCUT2D eigenvalue weighted by Crippen LogP contribution is -2.48. The molecule has 0 saturated carbocycles. The van der Waals surface area contributed by atoms with E-state index in [4.69, 9.17) is 11.6 Å². The van der Waals surface area contributed by atoms with E-state index < -0.39 is 0 Å². The number of anilines is 1. The van der Waals surface area contributed by atoms with Crippen molar-refractivity contribution in [1.29, 1.82) is 0 Å². The number of nitrogens with one attached hydrogen (secondary N) is 2. The van der Waals surface area contributed by atoms with E-state index in [0.29, 0.717) is 11.1 Å². The van der Waals surface area contributed by atoms with E-state index in [1.807, 2.05) is 11.9 Å². The van der Waals surface area contributed by atoms with Gasteiger partial charge < -0.3 is 15.5 Å². The van der Waals surface area contributed by atoms with Gasteiger partial charge in [-0.05, 0) is 44.2 Å². The molecule has 2 amide bonds. The summed E-state index contributed by atoms with van der Waals surface area (Å²) >= 11 is 5.80. The Morgan fingerprint density at radius 3 is 2.68 bits per heavy atom. The number of hydrogen-bond acceptors (Lipinski definition) is 2. The van der Waals surface area contributed by atoms with E-state index in [0.717, 1.165) is 31.6 Å². The third-order valence-electron chi connectivity index (χ3n) is 3.21. The van der Waals surface area contributed by atoms with E-state index >= 15 is 0 Å². The third kappa shape index (κ3) is 4.56. The highest BCUT2D eigenvalue weighted by molar-refractivity contribution is 6.30. The summed E-state index contributed by atoms with van der Waals surface area (Å²) in [6, 6.07) is 7.50. The molecule has 6 heteroatoms. The maximum atomic E-state index is 12.1. The molecule has 106 valence electrons. The molecule has 1 aromatic rings. The molecule has 1 fully saturated rings. The summed E-state index contributed by atoms with van der Waals surface area (Å²) < 4.78 is 0. The van der Waals surface area contributed by atoms with Gasteiger partial charge in [0.1, 0.15) is 0 Å². The maximum absolute atomic E-state index is 12.1. The Morgan fingerprint density at radius 2 is 2.05 bits per heavy atom. The van der Waals surface area contributed by atoms with Crippen molar-refractivity contribution >= 4 is 35.7 Å². The minimum atomic E-state index is -0.0442.